The first-order chi connectivity index (χ1) is 15.1. The number of hydrogen-bond donors (Lipinski definition) is 1. The molecule has 2 heterocycles. The van der Waals surface area contributed by atoms with E-state index in [9.17, 15) is 9.59 Å². The first-order valence-corrected chi connectivity index (χ1v) is 11.0. The lowest BCUT2D eigenvalue weighted by molar-refractivity contribution is -0.126. The molecule has 1 saturated heterocycles. The van der Waals surface area contributed by atoms with Crippen molar-refractivity contribution < 1.29 is 14.3 Å². The standard InChI is InChI=1S/C24H32N4O3/c1-3-27(4-2)24(30)28-14-11-21(12-15-28)23(29)26-17-19-7-9-22(10-8-19)31-18-20-6-5-13-25-16-20/h5-10,13,16,21H,3-4,11-12,14-15,17-18H2,1-2H3,(H,26,29). The van der Waals surface area contributed by atoms with Gasteiger partial charge in [0.25, 0.3) is 0 Å². The second kappa shape index (κ2) is 11.3. The third-order valence-corrected chi connectivity index (χ3v) is 5.69. The number of ether oxygens (including phenoxy) is 1. The summed E-state index contributed by atoms with van der Waals surface area (Å²) in [4.78, 5) is 32.8. The lowest BCUT2D eigenvalue weighted by atomic mass is 9.96. The minimum absolute atomic E-state index is 0.0390. The van der Waals surface area contributed by atoms with Crippen molar-refractivity contribution in [2.24, 2.45) is 5.92 Å². The topological polar surface area (TPSA) is 74.8 Å². The monoisotopic (exact) mass is 424 g/mol. The average molecular weight is 425 g/mol. The Morgan fingerprint density at radius 2 is 1.81 bits per heavy atom. The van der Waals surface area contributed by atoms with E-state index in [0.29, 0.717) is 52.2 Å². The largest absolute Gasteiger partial charge is 0.489 e. The number of carbonyl (C=O) groups excluding carboxylic acids is 2. The van der Waals surface area contributed by atoms with E-state index in [1.165, 1.54) is 0 Å². The second-order valence-electron chi connectivity index (χ2n) is 7.73. The third kappa shape index (κ3) is 6.44. The molecule has 0 radical (unpaired) electrons. The number of carbonyl (C=O) groups is 2. The minimum atomic E-state index is -0.0390. The van der Waals surface area contributed by atoms with E-state index in [4.69, 9.17) is 4.74 Å². The maximum absolute atomic E-state index is 12.6. The number of aromatic nitrogens is 1. The van der Waals surface area contributed by atoms with Crippen LogP contribution >= 0.6 is 0 Å². The Kier molecular flexibility index (Phi) is 8.27. The molecule has 1 aliphatic rings. The Hall–Kier alpha value is -3.09. The number of nitrogens with one attached hydrogen (secondary N) is 1. The number of likely N-dealkylation sites (tertiary alicyclic amines) is 1. The number of urea groups is 1. The Morgan fingerprint density at radius 3 is 2.42 bits per heavy atom. The lowest BCUT2D eigenvalue weighted by Crippen LogP contribution is -2.48. The SMILES string of the molecule is CCN(CC)C(=O)N1CCC(C(=O)NCc2ccc(OCc3cccnc3)cc2)CC1. The molecule has 0 spiro atoms. The third-order valence-electron chi connectivity index (χ3n) is 5.69. The maximum Gasteiger partial charge on any atom is 0.319 e. The van der Waals surface area contributed by atoms with Gasteiger partial charge in [0.2, 0.25) is 5.91 Å². The fourth-order valence-corrected chi connectivity index (χ4v) is 3.71. The zero-order chi connectivity index (χ0) is 22.1. The molecule has 3 rings (SSSR count). The quantitative estimate of drug-likeness (QED) is 0.704. The van der Waals surface area contributed by atoms with E-state index in [0.717, 1.165) is 16.9 Å². The first-order valence-electron chi connectivity index (χ1n) is 11.0. The van der Waals surface area contributed by atoms with E-state index in [2.05, 4.69) is 10.3 Å². The fourth-order valence-electron chi connectivity index (χ4n) is 3.71. The van der Waals surface area contributed by atoms with Crippen LogP contribution in [0.25, 0.3) is 0 Å². The molecule has 0 saturated carbocycles. The van der Waals surface area contributed by atoms with Crippen LogP contribution in [0.4, 0.5) is 4.79 Å². The number of amides is 3. The summed E-state index contributed by atoms with van der Waals surface area (Å²) in [5, 5.41) is 3.03. The van der Waals surface area contributed by atoms with E-state index in [1.807, 2.05) is 60.0 Å². The maximum atomic E-state index is 12.6. The molecule has 31 heavy (non-hydrogen) atoms. The van der Waals surface area contributed by atoms with Crippen molar-refractivity contribution in [1.82, 2.24) is 20.1 Å². The summed E-state index contributed by atoms with van der Waals surface area (Å²) in [5.74, 6) is 0.804. The van der Waals surface area contributed by atoms with Crippen LogP contribution in [0.2, 0.25) is 0 Å². The first kappa shape index (κ1) is 22.6. The molecule has 0 bridgehead atoms. The molecule has 0 aliphatic carbocycles. The molecule has 0 unspecified atom stereocenters. The highest BCUT2D eigenvalue weighted by atomic mass is 16.5. The molecule has 0 atom stereocenters. The highest BCUT2D eigenvalue weighted by Crippen LogP contribution is 2.19. The molecule has 3 amide bonds. The lowest BCUT2D eigenvalue weighted by Gasteiger charge is -2.34. The van der Waals surface area contributed by atoms with Gasteiger partial charge in [0.15, 0.2) is 0 Å². The van der Waals surface area contributed by atoms with Crippen LogP contribution in [-0.2, 0) is 17.9 Å². The molecule has 1 aromatic carbocycles. The van der Waals surface area contributed by atoms with E-state index < -0.39 is 0 Å². The van der Waals surface area contributed by atoms with Gasteiger partial charge >= 0.3 is 6.03 Å². The summed E-state index contributed by atoms with van der Waals surface area (Å²) in [7, 11) is 0. The molecule has 1 aromatic heterocycles. The zero-order valence-electron chi connectivity index (χ0n) is 18.4. The summed E-state index contributed by atoms with van der Waals surface area (Å²) in [5.41, 5.74) is 2.04. The fraction of sp³-hybridized carbons (Fsp3) is 0.458. The highest BCUT2D eigenvalue weighted by Gasteiger charge is 2.28. The van der Waals surface area contributed by atoms with Crippen LogP contribution in [0.15, 0.2) is 48.8 Å². The van der Waals surface area contributed by atoms with Crippen LogP contribution < -0.4 is 10.1 Å². The Balaban J connectivity index is 1.40. The molecule has 166 valence electrons. The van der Waals surface area contributed by atoms with Gasteiger partial charge in [-0.25, -0.2) is 4.79 Å². The zero-order valence-corrected chi connectivity index (χ0v) is 18.4. The van der Waals surface area contributed by atoms with Crippen LogP contribution in [0.1, 0.15) is 37.8 Å². The van der Waals surface area contributed by atoms with Crippen LogP contribution in [0.5, 0.6) is 5.75 Å². The van der Waals surface area contributed by atoms with Gasteiger partial charge in [0, 0.05) is 56.6 Å². The van der Waals surface area contributed by atoms with Crippen molar-refractivity contribution in [2.45, 2.75) is 39.8 Å². The highest BCUT2D eigenvalue weighted by molar-refractivity contribution is 5.79. The minimum Gasteiger partial charge on any atom is -0.489 e. The molecule has 2 aromatic rings. The second-order valence-corrected chi connectivity index (χ2v) is 7.73. The average Bonchev–Trinajstić information content (AvgIpc) is 2.83. The predicted octanol–water partition coefficient (Wildman–Crippen LogP) is 3.45. The summed E-state index contributed by atoms with van der Waals surface area (Å²) in [6.45, 7) is 7.63. The predicted molar refractivity (Wildman–Crippen MR) is 119 cm³/mol. The molecule has 1 aliphatic heterocycles. The van der Waals surface area contributed by atoms with E-state index in [1.54, 1.807) is 12.4 Å². The summed E-state index contributed by atoms with van der Waals surface area (Å²) >= 11 is 0. The molecular weight excluding hydrogens is 392 g/mol. The molecule has 7 heteroatoms. The van der Waals surface area contributed by atoms with Gasteiger partial charge < -0.3 is 19.9 Å². The van der Waals surface area contributed by atoms with Gasteiger partial charge in [-0.1, -0.05) is 18.2 Å². The summed E-state index contributed by atoms with van der Waals surface area (Å²) in [6.07, 6.45) is 4.94. The van der Waals surface area contributed by atoms with Crippen molar-refractivity contribution >= 4 is 11.9 Å². The number of pyridine rings is 1. The Bertz CT molecular complexity index is 830. The molecule has 1 N–H and O–H groups in total. The van der Waals surface area contributed by atoms with Gasteiger partial charge in [-0.05, 0) is 50.5 Å². The molecular formula is C24H32N4O3. The van der Waals surface area contributed by atoms with Crippen molar-refractivity contribution in [3.8, 4) is 5.75 Å². The molecule has 7 nitrogen and oxygen atoms in total. The Labute approximate surface area is 184 Å². The van der Waals surface area contributed by atoms with Crippen LogP contribution in [-0.4, -0.2) is 52.9 Å². The van der Waals surface area contributed by atoms with Gasteiger partial charge in [-0.2, -0.15) is 0 Å². The number of rotatable bonds is 8. The van der Waals surface area contributed by atoms with Crippen LogP contribution in [0.3, 0.4) is 0 Å². The molecule has 1 fully saturated rings. The van der Waals surface area contributed by atoms with Gasteiger partial charge in [0.1, 0.15) is 12.4 Å². The van der Waals surface area contributed by atoms with Gasteiger partial charge in [-0.15, -0.1) is 0 Å². The van der Waals surface area contributed by atoms with Crippen LogP contribution in [0, 0.1) is 5.92 Å². The van der Waals surface area contributed by atoms with E-state index in [-0.39, 0.29) is 17.9 Å². The van der Waals surface area contributed by atoms with E-state index >= 15 is 0 Å². The summed E-state index contributed by atoms with van der Waals surface area (Å²) < 4.78 is 5.77. The van der Waals surface area contributed by atoms with Gasteiger partial charge in [0.05, 0.1) is 0 Å². The van der Waals surface area contributed by atoms with Gasteiger partial charge in [-0.3, -0.25) is 9.78 Å². The number of piperidine rings is 1. The number of benzene rings is 1. The van der Waals surface area contributed by atoms with Crippen molar-refractivity contribution in [3.63, 3.8) is 0 Å². The summed E-state index contributed by atoms with van der Waals surface area (Å²) in [6, 6.07) is 11.7. The van der Waals surface area contributed by atoms with Crippen molar-refractivity contribution in [3.05, 3.63) is 59.9 Å². The normalized spacial score (nSPS) is 14.2. The van der Waals surface area contributed by atoms with Crippen molar-refractivity contribution in [2.75, 3.05) is 26.2 Å². The number of hydrogen-bond acceptors (Lipinski definition) is 4. The Morgan fingerprint density at radius 1 is 1.10 bits per heavy atom. The number of nitrogens with zero attached hydrogens (tertiary/aromatic N) is 3. The smallest absolute Gasteiger partial charge is 0.319 e. The van der Waals surface area contributed by atoms with Crippen molar-refractivity contribution in [1.29, 1.82) is 0 Å².